The summed E-state index contributed by atoms with van der Waals surface area (Å²) in [6, 6.07) is 11.9. The van der Waals surface area contributed by atoms with Gasteiger partial charge in [-0.05, 0) is 37.7 Å². The average Bonchev–Trinajstić information content (AvgIpc) is 3.04. The van der Waals surface area contributed by atoms with Crippen LogP contribution in [0.25, 0.3) is 11.3 Å². The van der Waals surface area contributed by atoms with Crippen molar-refractivity contribution in [2.24, 2.45) is 13.0 Å². The zero-order chi connectivity index (χ0) is 17.6. The van der Waals surface area contributed by atoms with Crippen molar-refractivity contribution < 1.29 is 9.53 Å². The maximum absolute atomic E-state index is 13.0. The minimum absolute atomic E-state index is 0.0913. The molecular weight excluding hydrogens is 314 g/mol. The number of hydrogen-bond donors (Lipinski definition) is 0. The van der Waals surface area contributed by atoms with Crippen molar-refractivity contribution in [1.82, 2.24) is 14.7 Å². The largest absolute Gasteiger partial charge is 0.385 e. The summed E-state index contributed by atoms with van der Waals surface area (Å²) >= 11 is 0. The Bertz CT molecular complexity index is 696. The molecule has 1 aromatic carbocycles. The van der Waals surface area contributed by atoms with Gasteiger partial charge in [0.05, 0.1) is 5.69 Å². The van der Waals surface area contributed by atoms with E-state index in [4.69, 9.17) is 4.74 Å². The van der Waals surface area contributed by atoms with E-state index >= 15 is 0 Å². The number of methoxy groups -OCH3 is 1. The molecule has 1 atom stereocenters. The zero-order valence-corrected chi connectivity index (χ0v) is 15.1. The Morgan fingerprint density at radius 2 is 2.12 bits per heavy atom. The molecule has 3 rings (SSSR count). The monoisotopic (exact) mass is 341 g/mol. The van der Waals surface area contributed by atoms with E-state index in [1.807, 2.05) is 48.3 Å². The van der Waals surface area contributed by atoms with E-state index < -0.39 is 0 Å². The fourth-order valence-corrected chi connectivity index (χ4v) is 3.58. The third-order valence-corrected chi connectivity index (χ3v) is 4.94. The van der Waals surface area contributed by atoms with Gasteiger partial charge in [-0.25, -0.2) is 0 Å². The fourth-order valence-electron chi connectivity index (χ4n) is 3.58. The van der Waals surface area contributed by atoms with Gasteiger partial charge in [0.15, 0.2) is 0 Å². The summed E-state index contributed by atoms with van der Waals surface area (Å²) in [6.07, 6.45) is 4.46. The van der Waals surface area contributed by atoms with Gasteiger partial charge in [-0.15, -0.1) is 0 Å². The lowest BCUT2D eigenvalue weighted by atomic mass is 9.93. The molecule has 1 aliphatic heterocycles. The first-order chi connectivity index (χ1) is 12.2. The molecule has 1 saturated heterocycles. The van der Waals surface area contributed by atoms with Crippen molar-refractivity contribution >= 4 is 5.91 Å². The van der Waals surface area contributed by atoms with Crippen molar-refractivity contribution in [3.63, 3.8) is 0 Å². The molecule has 0 radical (unpaired) electrons. The minimum Gasteiger partial charge on any atom is -0.385 e. The molecule has 0 aliphatic carbocycles. The molecule has 5 nitrogen and oxygen atoms in total. The highest BCUT2D eigenvalue weighted by atomic mass is 16.5. The molecule has 25 heavy (non-hydrogen) atoms. The van der Waals surface area contributed by atoms with Gasteiger partial charge in [-0.1, -0.05) is 30.3 Å². The molecule has 0 spiro atoms. The number of amides is 1. The molecule has 1 amide bonds. The summed E-state index contributed by atoms with van der Waals surface area (Å²) in [7, 11) is 3.59. The van der Waals surface area contributed by atoms with Crippen LogP contribution < -0.4 is 0 Å². The lowest BCUT2D eigenvalue weighted by molar-refractivity contribution is 0.0649. The van der Waals surface area contributed by atoms with Gasteiger partial charge in [0, 0.05) is 39.4 Å². The van der Waals surface area contributed by atoms with Gasteiger partial charge in [0.25, 0.3) is 5.91 Å². The molecular formula is C20H27N3O2. The third-order valence-electron chi connectivity index (χ3n) is 4.94. The molecule has 2 aromatic rings. The van der Waals surface area contributed by atoms with Crippen molar-refractivity contribution in [3.05, 3.63) is 42.1 Å². The smallest absolute Gasteiger partial charge is 0.272 e. The van der Waals surface area contributed by atoms with Gasteiger partial charge in [-0.3, -0.25) is 9.48 Å². The first kappa shape index (κ1) is 17.7. The first-order valence-electron chi connectivity index (χ1n) is 9.06. The Balaban J connectivity index is 1.69. The van der Waals surface area contributed by atoms with Crippen LogP contribution in [0.1, 0.15) is 36.2 Å². The quantitative estimate of drug-likeness (QED) is 0.757. The summed E-state index contributed by atoms with van der Waals surface area (Å²) in [5.41, 5.74) is 2.55. The summed E-state index contributed by atoms with van der Waals surface area (Å²) < 4.78 is 6.85. The van der Waals surface area contributed by atoms with Crippen molar-refractivity contribution in [2.45, 2.75) is 25.7 Å². The van der Waals surface area contributed by atoms with Crippen LogP contribution in [0.2, 0.25) is 0 Å². The van der Waals surface area contributed by atoms with Gasteiger partial charge >= 0.3 is 0 Å². The van der Waals surface area contributed by atoms with Crippen molar-refractivity contribution in [1.29, 1.82) is 0 Å². The Kier molecular flexibility index (Phi) is 5.87. The maximum Gasteiger partial charge on any atom is 0.272 e. The number of benzene rings is 1. The molecule has 0 saturated carbocycles. The molecule has 1 fully saturated rings. The molecule has 5 heteroatoms. The van der Waals surface area contributed by atoms with Crippen LogP contribution in [0.4, 0.5) is 0 Å². The predicted molar refractivity (Wildman–Crippen MR) is 98.4 cm³/mol. The number of aryl methyl sites for hydroxylation is 1. The van der Waals surface area contributed by atoms with Gasteiger partial charge in [-0.2, -0.15) is 5.10 Å². The molecule has 0 unspecified atom stereocenters. The van der Waals surface area contributed by atoms with E-state index in [1.165, 1.54) is 6.42 Å². The average molecular weight is 341 g/mol. The topological polar surface area (TPSA) is 47.4 Å². The molecule has 0 N–H and O–H groups in total. The Morgan fingerprint density at radius 3 is 2.88 bits per heavy atom. The van der Waals surface area contributed by atoms with E-state index in [0.29, 0.717) is 11.6 Å². The number of rotatable bonds is 6. The van der Waals surface area contributed by atoms with E-state index in [9.17, 15) is 4.79 Å². The normalized spacial score (nSPS) is 17.7. The minimum atomic E-state index is 0.0913. The van der Waals surface area contributed by atoms with Gasteiger partial charge < -0.3 is 9.64 Å². The first-order valence-corrected chi connectivity index (χ1v) is 9.06. The van der Waals surface area contributed by atoms with E-state index in [0.717, 1.165) is 50.2 Å². The highest BCUT2D eigenvalue weighted by Crippen LogP contribution is 2.24. The van der Waals surface area contributed by atoms with Crippen LogP contribution in [0.15, 0.2) is 36.4 Å². The lowest BCUT2D eigenvalue weighted by Crippen LogP contribution is -2.40. The maximum atomic E-state index is 13.0. The number of carbonyl (C=O) groups excluding carboxylic acids is 1. The number of ether oxygens (including phenoxy) is 1. The SMILES string of the molecule is COCCC[C@H]1CCCN(C(=O)c2cc(-c3ccccc3)nn2C)C1. The zero-order valence-electron chi connectivity index (χ0n) is 15.1. The molecule has 1 aliphatic rings. The van der Waals surface area contributed by atoms with Crippen LogP contribution in [0.5, 0.6) is 0 Å². The van der Waals surface area contributed by atoms with Crippen LogP contribution in [0, 0.1) is 5.92 Å². The lowest BCUT2D eigenvalue weighted by Gasteiger charge is -2.32. The van der Waals surface area contributed by atoms with E-state index in [2.05, 4.69) is 5.10 Å². The number of likely N-dealkylation sites (tertiary alicyclic amines) is 1. The van der Waals surface area contributed by atoms with Gasteiger partial charge in [0.2, 0.25) is 0 Å². The van der Waals surface area contributed by atoms with Crippen LogP contribution in [-0.2, 0) is 11.8 Å². The van der Waals surface area contributed by atoms with E-state index in [1.54, 1.807) is 11.8 Å². The van der Waals surface area contributed by atoms with Crippen LogP contribution in [-0.4, -0.2) is 47.4 Å². The molecule has 1 aromatic heterocycles. The van der Waals surface area contributed by atoms with Crippen molar-refractivity contribution in [2.75, 3.05) is 26.8 Å². The second-order valence-electron chi connectivity index (χ2n) is 6.80. The highest BCUT2D eigenvalue weighted by molar-refractivity contribution is 5.93. The second kappa shape index (κ2) is 8.30. The number of piperidine rings is 1. The van der Waals surface area contributed by atoms with Crippen LogP contribution >= 0.6 is 0 Å². The Hall–Kier alpha value is -2.14. The van der Waals surface area contributed by atoms with Crippen molar-refractivity contribution in [3.8, 4) is 11.3 Å². The second-order valence-corrected chi connectivity index (χ2v) is 6.80. The Labute approximate surface area is 149 Å². The standard InChI is InChI=1S/C20H27N3O2/c1-22-19(14-18(21-22)17-10-4-3-5-11-17)20(24)23-12-6-8-16(15-23)9-7-13-25-2/h3-5,10-11,14,16H,6-9,12-13,15H2,1-2H3/t16-/m1/s1. The molecule has 134 valence electrons. The summed E-state index contributed by atoms with van der Waals surface area (Å²) in [5, 5.41) is 4.53. The summed E-state index contributed by atoms with van der Waals surface area (Å²) in [4.78, 5) is 15.0. The third kappa shape index (κ3) is 4.28. The molecule has 2 heterocycles. The summed E-state index contributed by atoms with van der Waals surface area (Å²) in [6.45, 7) is 2.48. The Morgan fingerprint density at radius 1 is 1.32 bits per heavy atom. The number of nitrogens with zero attached hydrogens (tertiary/aromatic N) is 3. The van der Waals surface area contributed by atoms with E-state index in [-0.39, 0.29) is 5.91 Å². The number of hydrogen-bond acceptors (Lipinski definition) is 3. The van der Waals surface area contributed by atoms with Crippen LogP contribution in [0.3, 0.4) is 0 Å². The fraction of sp³-hybridized carbons (Fsp3) is 0.500. The molecule has 0 bridgehead atoms. The predicted octanol–water partition coefficient (Wildman–Crippen LogP) is 3.37. The van der Waals surface area contributed by atoms with Gasteiger partial charge in [0.1, 0.15) is 5.69 Å². The highest BCUT2D eigenvalue weighted by Gasteiger charge is 2.26. The number of carbonyl (C=O) groups is 1. The summed E-state index contributed by atoms with van der Waals surface area (Å²) in [5.74, 6) is 0.670. The number of aromatic nitrogens is 2.